The van der Waals surface area contributed by atoms with Gasteiger partial charge in [-0.05, 0) is 23.3 Å². The summed E-state index contributed by atoms with van der Waals surface area (Å²) in [5.74, 6) is -1.17. The van der Waals surface area contributed by atoms with Crippen molar-refractivity contribution in [1.82, 2.24) is 0 Å². The van der Waals surface area contributed by atoms with Gasteiger partial charge in [0.05, 0.1) is 5.92 Å². The highest BCUT2D eigenvalue weighted by atomic mass is 16.6. The van der Waals surface area contributed by atoms with Gasteiger partial charge in [0, 0.05) is 30.3 Å². The fourth-order valence-electron chi connectivity index (χ4n) is 3.34. The van der Waals surface area contributed by atoms with E-state index < -0.39 is 22.7 Å². The maximum atomic E-state index is 13.1. The van der Waals surface area contributed by atoms with Gasteiger partial charge in [-0.3, -0.25) is 14.9 Å². The molecule has 28 heavy (non-hydrogen) atoms. The topological polar surface area (TPSA) is 63.5 Å². The van der Waals surface area contributed by atoms with E-state index in [4.69, 9.17) is 0 Å². The maximum absolute atomic E-state index is 13.1. The van der Waals surface area contributed by atoms with E-state index in [1.165, 1.54) is 0 Å². The van der Waals surface area contributed by atoms with E-state index in [2.05, 4.69) is 0 Å². The Labute approximate surface area is 164 Å². The first-order valence-electron chi connectivity index (χ1n) is 9.04. The van der Waals surface area contributed by atoms with E-state index in [-0.39, 0.29) is 0 Å². The molecule has 0 aliphatic rings. The molecular formula is C23H22N2O3. The largest absolute Gasteiger partial charge is 0.378 e. The highest BCUT2D eigenvalue weighted by Crippen LogP contribution is 2.32. The van der Waals surface area contributed by atoms with Gasteiger partial charge in [-0.25, -0.2) is 0 Å². The van der Waals surface area contributed by atoms with Gasteiger partial charge in [-0.2, -0.15) is 0 Å². The molecule has 5 nitrogen and oxygen atoms in total. The third-order valence-electron chi connectivity index (χ3n) is 4.80. The standard InChI is InChI=1S/C23H22N2O3/c1-24(2)20-15-13-18(14-16-20)21(17-9-5-3-6-10-17)22(25(27)28)23(26)19-11-7-4-8-12-19/h3-16,21-22H,1-2H3. The third kappa shape index (κ3) is 4.09. The van der Waals surface area contributed by atoms with E-state index >= 15 is 0 Å². The molecule has 2 atom stereocenters. The lowest BCUT2D eigenvalue weighted by molar-refractivity contribution is -0.507. The van der Waals surface area contributed by atoms with Gasteiger partial charge in [0.25, 0.3) is 6.04 Å². The van der Waals surface area contributed by atoms with Gasteiger partial charge in [0.1, 0.15) is 0 Å². The zero-order valence-electron chi connectivity index (χ0n) is 15.9. The second-order valence-corrected chi connectivity index (χ2v) is 6.83. The van der Waals surface area contributed by atoms with E-state index in [0.29, 0.717) is 5.56 Å². The summed E-state index contributed by atoms with van der Waals surface area (Å²) >= 11 is 0. The molecule has 5 heteroatoms. The molecule has 3 aromatic rings. The van der Waals surface area contributed by atoms with Crippen LogP contribution in [-0.4, -0.2) is 30.8 Å². The molecule has 0 aliphatic heterocycles. The molecule has 0 aliphatic carbocycles. The first-order chi connectivity index (χ1) is 13.5. The van der Waals surface area contributed by atoms with Crippen molar-refractivity contribution in [2.24, 2.45) is 0 Å². The van der Waals surface area contributed by atoms with Gasteiger partial charge in [0.2, 0.25) is 5.78 Å². The summed E-state index contributed by atoms with van der Waals surface area (Å²) in [6.45, 7) is 0. The van der Waals surface area contributed by atoms with Crippen LogP contribution in [0.5, 0.6) is 0 Å². The minimum Gasteiger partial charge on any atom is -0.378 e. The van der Waals surface area contributed by atoms with Crippen LogP contribution in [0.3, 0.4) is 0 Å². The van der Waals surface area contributed by atoms with Crippen molar-refractivity contribution >= 4 is 11.5 Å². The number of ketones is 1. The number of nitro groups is 1. The first-order valence-corrected chi connectivity index (χ1v) is 9.04. The van der Waals surface area contributed by atoms with E-state index in [9.17, 15) is 14.9 Å². The molecule has 0 spiro atoms. The van der Waals surface area contributed by atoms with Gasteiger partial charge in [-0.15, -0.1) is 0 Å². The van der Waals surface area contributed by atoms with Crippen molar-refractivity contribution in [1.29, 1.82) is 0 Å². The average molecular weight is 374 g/mol. The lowest BCUT2D eigenvalue weighted by atomic mass is 9.82. The molecule has 0 aromatic heterocycles. The van der Waals surface area contributed by atoms with Crippen LogP contribution in [-0.2, 0) is 0 Å². The number of Topliss-reactive ketones (excluding diaryl/α,β-unsaturated/α-hetero) is 1. The fourth-order valence-corrected chi connectivity index (χ4v) is 3.34. The zero-order chi connectivity index (χ0) is 20.1. The summed E-state index contributed by atoms with van der Waals surface area (Å²) in [6, 6.07) is 23.8. The average Bonchev–Trinajstić information content (AvgIpc) is 2.72. The quantitative estimate of drug-likeness (QED) is 0.349. The molecule has 0 N–H and O–H groups in total. The molecular weight excluding hydrogens is 352 g/mol. The van der Waals surface area contributed by atoms with Crippen molar-refractivity contribution in [2.75, 3.05) is 19.0 Å². The summed E-state index contributed by atoms with van der Waals surface area (Å²) in [5.41, 5.74) is 2.81. The molecule has 0 saturated carbocycles. The Hall–Kier alpha value is -3.47. The molecule has 0 bridgehead atoms. The van der Waals surface area contributed by atoms with Crippen LogP contribution in [0.1, 0.15) is 27.4 Å². The highest BCUT2D eigenvalue weighted by Gasteiger charge is 2.41. The van der Waals surface area contributed by atoms with Gasteiger partial charge >= 0.3 is 0 Å². The van der Waals surface area contributed by atoms with Crippen LogP contribution in [0.4, 0.5) is 5.69 Å². The molecule has 0 saturated heterocycles. The second-order valence-electron chi connectivity index (χ2n) is 6.83. The molecule has 0 heterocycles. The smallest absolute Gasteiger partial charge is 0.285 e. The predicted molar refractivity (Wildman–Crippen MR) is 111 cm³/mol. The highest BCUT2D eigenvalue weighted by molar-refractivity contribution is 6.00. The van der Waals surface area contributed by atoms with Crippen LogP contribution in [0.2, 0.25) is 0 Å². The molecule has 142 valence electrons. The molecule has 3 aromatic carbocycles. The van der Waals surface area contributed by atoms with Crippen molar-refractivity contribution < 1.29 is 9.72 Å². The molecule has 0 radical (unpaired) electrons. The number of benzene rings is 3. The van der Waals surface area contributed by atoms with Gasteiger partial charge in [0.15, 0.2) is 0 Å². The van der Waals surface area contributed by atoms with E-state index in [1.807, 2.05) is 73.6 Å². The number of nitrogens with zero attached hydrogens (tertiary/aromatic N) is 2. The Morgan fingerprint density at radius 2 is 1.32 bits per heavy atom. The molecule has 2 unspecified atom stereocenters. The van der Waals surface area contributed by atoms with Crippen LogP contribution >= 0.6 is 0 Å². The number of rotatable bonds is 7. The van der Waals surface area contributed by atoms with Crippen LogP contribution in [0, 0.1) is 10.1 Å². The van der Waals surface area contributed by atoms with Crippen LogP contribution < -0.4 is 4.90 Å². The summed E-state index contributed by atoms with van der Waals surface area (Å²) in [7, 11) is 3.87. The Kier molecular flexibility index (Phi) is 5.84. The number of hydrogen-bond acceptors (Lipinski definition) is 4. The molecule has 0 fully saturated rings. The number of anilines is 1. The summed E-state index contributed by atoms with van der Waals surface area (Å²) in [4.78, 5) is 26.6. The van der Waals surface area contributed by atoms with Crippen molar-refractivity contribution in [3.05, 3.63) is 112 Å². The van der Waals surface area contributed by atoms with Crippen LogP contribution in [0.15, 0.2) is 84.9 Å². The monoisotopic (exact) mass is 374 g/mol. The minimum atomic E-state index is -1.41. The Balaban J connectivity index is 2.11. The molecule has 0 amide bonds. The van der Waals surface area contributed by atoms with Crippen molar-refractivity contribution in [3.8, 4) is 0 Å². The predicted octanol–water partition coefficient (Wildman–Crippen LogP) is 4.41. The van der Waals surface area contributed by atoms with Gasteiger partial charge < -0.3 is 4.90 Å². The summed E-state index contributed by atoms with van der Waals surface area (Å²) in [5, 5.41) is 12.1. The normalized spacial score (nSPS) is 12.8. The molecule has 3 rings (SSSR count). The Morgan fingerprint density at radius 3 is 1.82 bits per heavy atom. The second kappa shape index (κ2) is 8.48. The number of carbonyl (C=O) groups is 1. The van der Waals surface area contributed by atoms with Crippen molar-refractivity contribution in [3.63, 3.8) is 0 Å². The van der Waals surface area contributed by atoms with Crippen molar-refractivity contribution in [2.45, 2.75) is 12.0 Å². The third-order valence-corrected chi connectivity index (χ3v) is 4.80. The first kappa shape index (κ1) is 19.3. The minimum absolute atomic E-state index is 0.343. The van der Waals surface area contributed by atoms with E-state index in [0.717, 1.165) is 16.8 Å². The summed E-state index contributed by atoms with van der Waals surface area (Å²) < 4.78 is 0. The lowest BCUT2D eigenvalue weighted by Crippen LogP contribution is -2.36. The van der Waals surface area contributed by atoms with E-state index in [1.54, 1.807) is 30.3 Å². The number of carbonyl (C=O) groups excluding carboxylic acids is 1. The Morgan fingerprint density at radius 1 is 0.821 bits per heavy atom. The zero-order valence-corrected chi connectivity index (χ0v) is 15.9. The van der Waals surface area contributed by atoms with Gasteiger partial charge in [-0.1, -0.05) is 72.8 Å². The fraction of sp³-hybridized carbons (Fsp3) is 0.174. The SMILES string of the molecule is CN(C)c1ccc(C(c2ccccc2)C(C(=O)c2ccccc2)[N+](=O)[O-])cc1. The maximum Gasteiger partial charge on any atom is 0.285 e. The number of hydrogen-bond donors (Lipinski definition) is 0. The van der Waals surface area contributed by atoms with Crippen LogP contribution in [0.25, 0.3) is 0 Å². The lowest BCUT2D eigenvalue weighted by Gasteiger charge is -2.22. The summed E-state index contributed by atoms with van der Waals surface area (Å²) in [6.07, 6.45) is 0. The Bertz CT molecular complexity index is 939.